The van der Waals surface area contributed by atoms with E-state index < -0.39 is 0 Å². The number of carbonyl (C=O) groups excluding carboxylic acids is 1. The molecule has 130 valence electrons. The maximum atomic E-state index is 14.1. The van der Waals surface area contributed by atoms with Crippen LogP contribution in [-0.4, -0.2) is 44.7 Å². The van der Waals surface area contributed by atoms with Crippen LogP contribution in [-0.2, 0) is 11.3 Å². The Labute approximate surface area is 146 Å². The Morgan fingerprint density at radius 2 is 2.25 bits per heavy atom. The number of carbonyl (C=O) groups is 1. The normalized spacial score (nSPS) is 15.4. The summed E-state index contributed by atoms with van der Waals surface area (Å²) in [6, 6.07) is 5.21. The van der Waals surface area contributed by atoms with Gasteiger partial charge < -0.3 is 10.2 Å². The second kappa shape index (κ2) is 8.21. The molecule has 1 fully saturated rings. The van der Waals surface area contributed by atoms with Gasteiger partial charge in [-0.15, -0.1) is 12.4 Å². The third-order valence-electron chi connectivity index (χ3n) is 4.00. The molecule has 1 aliphatic rings. The Kier molecular flexibility index (Phi) is 6.28. The molecule has 1 unspecified atom stereocenters. The lowest BCUT2D eigenvalue weighted by Gasteiger charge is -2.21. The van der Waals surface area contributed by atoms with Crippen LogP contribution < -0.4 is 5.32 Å². The summed E-state index contributed by atoms with van der Waals surface area (Å²) in [7, 11) is 0. The van der Waals surface area contributed by atoms with E-state index in [1.54, 1.807) is 6.07 Å². The van der Waals surface area contributed by atoms with Gasteiger partial charge in [0, 0.05) is 32.1 Å². The molecule has 0 aliphatic carbocycles. The van der Waals surface area contributed by atoms with E-state index in [9.17, 15) is 9.18 Å². The van der Waals surface area contributed by atoms with Gasteiger partial charge in [0.05, 0.1) is 0 Å². The molecular formula is C16H21ClFN5O. The van der Waals surface area contributed by atoms with Crippen molar-refractivity contribution in [3.8, 4) is 5.69 Å². The quantitative estimate of drug-likeness (QED) is 0.862. The largest absolute Gasteiger partial charge is 0.341 e. The van der Waals surface area contributed by atoms with Crippen LogP contribution in [0, 0.1) is 5.82 Å². The first-order chi connectivity index (χ1) is 11.1. The average Bonchev–Trinajstić information content (AvgIpc) is 3.18. The number of halogens is 2. The second-order valence-electron chi connectivity index (χ2n) is 5.85. The molecule has 1 amide bonds. The van der Waals surface area contributed by atoms with Gasteiger partial charge in [-0.2, -0.15) is 5.10 Å². The van der Waals surface area contributed by atoms with Gasteiger partial charge in [0.25, 0.3) is 0 Å². The van der Waals surface area contributed by atoms with Gasteiger partial charge in [0.2, 0.25) is 5.91 Å². The van der Waals surface area contributed by atoms with Gasteiger partial charge in [-0.05, 0) is 31.0 Å². The summed E-state index contributed by atoms with van der Waals surface area (Å²) in [6.45, 7) is 4.12. The van der Waals surface area contributed by atoms with E-state index in [4.69, 9.17) is 0 Å². The lowest BCUT2D eigenvalue weighted by Crippen LogP contribution is -2.39. The lowest BCUT2D eigenvalue weighted by molar-refractivity contribution is -0.127. The highest BCUT2D eigenvalue weighted by Crippen LogP contribution is 2.14. The highest BCUT2D eigenvalue weighted by molar-refractivity contribution is 5.85. The molecule has 24 heavy (non-hydrogen) atoms. The number of likely N-dealkylation sites (tertiary alicyclic amines) is 1. The number of aromatic nitrogens is 3. The molecule has 2 aromatic rings. The number of hydrogen-bond donors (Lipinski definition) is 1. The molecular weight excluding hydrogens is 333 g/mol. The van der Waals surface area contributed by atoms with Crippen molar-refractivity contribution in [2.75, 3.05) is 13.1 Å². The summed E-state index contributed by atoms with van der Waals surface area (Å²) in [4.78, 5) is 17.3. The highest BCUT2D eigenvalue weighted by Gasteiger charge is 2.21. The predicted octanol–water partition coefficient (Wildman–Crippen LogP) is 1.93. The van der Waals surface area contributed by atoms with Gasteiger partial charge in [0.15, 0.2) is 0 Å². The number of nitrogens with one attached hydrogen (secondary N) is 1. The zero-order chi connectivity index (χ0) is 16.2. The first kappa shape index (κ1) is 18.4. The summed E-state index contributed by atoms with van der Waals surface area (Å²) in [5.41, 5.74) is 1.23. The average molecular weight is 354 g/mol. The number of nitrogens with zero attached hydrogens (tertiary/aromatic N) is 4. The van der Waals surface area contributed by atoms with E-state index in [0.29, 0.717) is 25.2 Å². The summed E-state index contributed by atoms with van der Waals surface area (Å²) < 4.78 is 15.5. The zero-order valence-corrected chi connectivity index (χ0v) is 14.3. The van der Waals surface area contributed by atoms with Crippen molar-refractivity contribution in [2.45, 2.75) is 32.4 Å². The van der Waals surface area contributed by atoms with Crippen molar-refractivity contribution in [3.63, 3.8) is 0 Å². The van der Waals surface area contributed by atoms with E-state index in [1.807, 2.05) is 17.9 Å². The molecule has 0 radical (unpaired) electrons. The molecule has 0 spiro atoms. The summed E-state index contributed by atoms with van der Waals surface area (Å²) in [6.07, 6.45) is 4.43. The van der Waals surface area contributed by atoms with Gasteiger partial charge in [-0.3, -0.25) is 4.79 Å². The second-order valence-corrected chi connectivity index (χ2v) is 5.85. The van der Waals surface area contributed by atoms with E-state index >= 15 is 0 Å². The topological polar surface area (TPSA) is 63.1 Å². The van der Waals surface area contributed by atoms with Gasteiger partial charge in [-0.25, -0.2) is 14.1 Å². The summed E-state index contributed by atoms with van der Waals surface area (Å²) in [5.74, 6) is -0.112. The van der Waals surface area contributed by atoms with Gasteiger partial charge >= 0.3 is 0 Å². The van der Waals surface area contributed by atoms with Crippen molar-refractivity contribution in [3.05, 3.63) is 42.2 Å². The minimum Gasteiger partial charge on any atom is -0.341 e. The van der Waals surface area contributed by atoms with E-state index in [2.05, 4.69) is 15.4 Å². The molecule has 0 bridgehead atoms. The fraction of sp³-hybridized carbons (Fsp3) is 0.438. The fourth-order valence-electron chi connectivity index (χ4n) is 2.76. The SMILES string of the molecule is CC(CN1CCCC1=O)NCc1ccc(-n2cncn2)c(F)c1.Cl. The van der Waals surface area contributed by atoms with Crippen LogP contribution in [0.15, 0.2) is 30.9 Å². The Morgan fingerprint density at radius 3 is 2.88 bits per heavy atom. The van der Waals surface area contributed by atoms with Crippen LogP contribution >= 0.6 is 12.4 Å². The summed E-state index contributed by atoms with van der Waals surface area (Å²) in [5, 5.41) is 7.26. The number of benzene rings is 1. The molecule has 0 saturated carbocycles. The van der Waals surface area contributed by atoms with E-state index in [-0.39, 0.29) is 30.2 Å². The minimum atomic E-state index is -0.336. The van der Waals surface area contributed by atoms with Gasteiger partial charge in [0.1, 0.15) is 24.2 Å². The Morgan fingerprint density at radius 1 is 1.42 bits per heavy atom. The van der Waals surface area contributed by atoms with Crippen LogP contribution in [0.5, 0.6) is 0 Å². The van der Waals surface area contributed by atoms with Crippen molar-refractivity contribution < 1.29 is 9.18 Å². The molecule has 1 atom stereocenters. The van der Waals surface area contributed by atoms with Crippen LogP contribution in [0.2, 0.25) is 0 Å². The zero-order valence-electron chi connectivity index (χ0n) is 13.5. The van der Waals surface area contributed by atoms with E-state index in [0.717, 1.165) is 18.5 Å². The van der Waals surface area contributed by atoms with Crippen LogP contribution in [0.1, 0.15) is 25.3 Å². The fourth-order valence-corrected chi connectivity index (χ4v) is 2.76. The molecule has 8 heteroatoms. The maximum absolute atomic E-state index is 14.1. The maximum Gasteiger partial charge on any atom is 0.222 e. The van der Waals surface area contributed by atoms with Crippen molar-refractivity contribution in [1.29, 1.82) is 0 Å². The predicted molar refractivity (Wildman–Crippen MR) is 90.7 cm³/mol. The molecule has 3 rings (SSSR count). The minimum absolute atomic E-state index is 0. The van der Waals surface area contributed by atoms with Crippen LogP contribution in [0.3, 0.4) is 0 Å². The first-order valence-corrected chi connectivity index (χ1v) is 7.78. The molecule has 1 aromatic heterocycles. The van der Waals surface area contributed by atoms with Crippen LogP contribution in [0.4, 0.5) is 4.39 Å². The number of amides is 1. The van der Waals surface area contributed by atoms with Crippen molar-refractivity contribution in [2.24, 2.45) is 0 Å². The molecule has 6 nitrogen and oxygen atoms in total. The Bertz CT molecular complexity index is 679. The summed E-state index contributed by atoms with van der Waals surface area (Å²) >= 11 is 0. The first-order valence-electron chi connectivity index (χ1n) is 7.78. The lowest BCUT2D eigenvalue weighted by atomic mass is 10.2. The van der Waals surface area contributed by atoms with Crippen molar-refractivity contribution in [1.82, 2.24) is 25.0 Å². The third-order valence-corrected chi connectivity index (χ3v) is 4.00. The van der Waals surface area contributed by atoms with Gasteiger partial charge in [-0.1, -0.05) is 6.07 Å². The Balaban J connectivity index is 0.00000208. The smallest absolute Gasteiger partial charge is 0.222 e. The molecule has 1 aliphatic heterocycles. The number of hydrogen-bond acceptors (Lipinski definition) is 4. The third kappa shape index (κ3) is 4.30. The number of rotatable bonds is 6. The van der Waals surface area contributed by atoms with E-state index in [1.165, 1.54) is 23.4 Å². The molecule has 1 saturated heterocycles. The molecule has 1 N–H and O–H groups in total. The van der Waals surface area contributed by atoms with Crippen molar-refractivity contribution >= 4 is 18.3 Å². The monoisotopic (exact) mass is 353 g/mol. The van der Waals surface area contributed by atoms with Crippen LogP contribution in [0.25, 0.3) is 5.69 Å². The molecule has 2 heterocycles. The Hall–Kier alpha value is -1.99. The standard InChI is InChI=1S/C16H20FN5O.ClH/c1-12(9-21-6-2-3-16(21)23)19-8-13-4-5-15(14(17)7-13)22-11-18-10-20-22;/h4-5,7,10-12,19H,2-3,6,8-9H2,1H3;1H. The highest BCUT2D eigenvalue weighted by atomic mass is 35.5. The molecule has 1 aromatic carbocycles.